The minimum absolute atomic E-state index is 0.0577. The number of nitrogens with zero attached hydrogens (tertiary/aromatic N) is 2. The van der Waals surface area contributed by atoms with E-state index in [2.05, 4.69) is 17.3 Å². The van der Waals surface area contributed by atoms with Gasteiger partial charge in [-0.15, -0.1) is 0 Å². The molecule has 1 unspecified atom stereocenters. The van der Waals surface area contributed by atoms with Crippen molar-refractivity contribution in [3.8, 4) is 5.69 Å². The second kappa shape index (κ2) is 13.1. The maximum Gasteiger partial charge on any atom is 0.435 e. The Balaban J connectivity index is 0.000000668. The first kappa shape index (κ1) is 30.5. The molecule has 1 amide bonds. The van der Waals surface area contributed by atoms with Crippen LogP contribution < -0.4 is 11.1 Å². The van der Waals surface area contributed by atoms with E-state index in [1.807, 2.05) is 30.3 Å². The highest BCUT2D eigenvalue weighted by Crippen LogP contribution is 2.44. The van der Waals surface area contributed by atoms with Crippen LogP contribution in [0.25, 0.3) is 5.69 Å². The van der Waals surface area contributed by atoms with Crippen molar-refractivity contribution in [1.29, 1.82) is 0 Å². The molecule has 0 radical (unpaired) electrons. The molecule has 2 aliphatic rings. The Labute approximate surface area is 249 Å². The fraction of sp³-hybridized carbons (Fsp3) is 0.353. The largest absolute Gasteiger partial charge is 0.435 e. The van der Waals surface area contributed by atoms with Gasteiger partial charge in [-0.25, -0.2) is 9.07 Å². The van der Waals surface area contributed by atoms with Crippen molar-refractivity contribution in [2.24, 2.45) is 17.6 Å². The number of carbonyl (C=O) groups is 1. The molecule has 226 valence electrons. The van der Waals surface area contributed by atoms with Gasteiger partial charge in [0.1, 0.15) is 11.5 Å². The third-order valence-electron chi connectivity index (χ3n) is 8.21. The van der Waals surface area contributed by atoms with Crippen molar-refractivity contribution in [3.63, 3.8) is 0 Å². The van der Waals surface area contributed by atoms with Crippen molar-refractivity contribution in [3.05, 3.63) is 113 Å². The molecule has 2 aliphatic carbocycles. The average molecular weight is 593 g/mol. The molecule has 1 heterocycles. The lowest BCUT2D eigenvalue weighted by molar-refractivity contribution is -0.141. The number of aromatic nitrogens is 2. The van der Waals surface area contributed by atoms with Crippen LogP contribution in [0, 0.1) is 17.7 Å². The van der Waals surface area contributed by atoms with Gasteiger partial charge in [-0.1, -0.05) is 75.1 Å². The average Bonchev–Trinajstić information content (AvgIpc) is 3.70. The van der Waals surface area contributed by atoms with Gasteiger partial charge in [-0.05, 0) is 71.7 Å². The van der Waals surface area contributed by atoms with Gasteiger partial charge < -0.3 is 11.1 Å². The molecule has 0 spiro atoms. The summed E-state index contributed by atoms with van der Waals surface area (Å²) >= 11 is 0. The fourth-order valence-corrected chi connectivity index (χ4v) is 5.45. The van der Waals surface area contributed by atoms with Crippen molar-refractivity contribution < 1.29 is 22.4 Å². The van der Waals surface area contributed by atoms with Crippen LogP contribution >= 0.6 is 0 Å². The van der Waals surface area contributed by atoms with Gasteiger partial charge in [0.15, 0.2) is 5.69 Å². The Bertz CT molecular complexity index is 1540. The molecule has 1 aromatic heterocycles. The number of hydrogen-bond acceptors (Lipinski definition) is 3. The van der Waals surface area contributed by atoms with Crippen LogP contribution in [0.4, 0.5) is 23.2 Å². The van der Waals surface area contributed by atoms with Gasteiger partial charge in [0.2, 0.25) is 0 Å². The highest BCUT2D eigenvalue weighted by atomic mass is 19.4. The number of hydrogen-bond donors (Lipinski definition) is 2. The maximum absolute atomic E-state index is 14.8. The fourth-order valence-electron chi connectivity index (χ4n) is 5.45. The van der Waals surface area contributed by atoms with E-state index in [1.54, 1.807) is 24.3 Å². The zero-order valence-electron chi connectivity index (χ0n) is 24.1. The van der Waals surface area contributed by atoms with Crippen molar-refractivity contribution in [2.45, 2.75) is 64.1 Å². The first-order valence-electron chi connectivity index (χ1n) is 14.8. The molecule has 9 heteroatoms. The summed E-state index contributed by atoms with van der Waals surface area (Å²) in [4.78, 5) is 13.3. The summed E-state index contributed by atoms with van der Waals surface area (Å²) in [6.45, 7) is 2.43. The molecule has 0 bridgehead atoms. The molecular weight excluding hydrogens is 556 g/mol. The molecule has 43 heavy (non-hydrogen) atoms. The summed E-state index contributed by atoms with van der Waals surface area (Å²) in [5.41, 5.74) is 6.95. The van der Waals surface area contributed by atoms with E-state index in [0.29, 0.717) is 23.1 Å². The molecule has 6 rings (SSSR count). The summed E-state index contributed by atoms with van der Waals surface area (Å²) in [6.07, 6.45) is 2.80. The zero-order valence-corrected chi connectivity index (χ0v) is 24.1. The number of alkyl halides is 3. The Morgan fingerprint density at radius 2 is 1.72 bits per heavy atom. The molecule has 2 fully saturated rings. The standard InChI is InChI=1S/C29H26F4N4O.C5H10/c30-22-13-21(27(20-9-5-10-20)19-7-2-1-3-8-19)14-23(15-22)35-28(38)25-16-26(29(31,32)33)36-37(25)24-11-4-6-18(12-24)17-34;1-2-5-3-4-5/h1-4,6-8,11-16,20,27H,5,9-10,17,34H2,(H,35,38);5H,2-4H2,1H3. The quantitative estimate of drug-likeness (QED) is 0.202. The molecular formula is C34H36F4N4O. The highest BCUT2D eigenvalue weighted by molar-refractivity contribution is 6.03. The number of nitrogens with one attached hydrogen (secondary N) is 1. The molecule has 4 aromatic rings. The summed E-state index contributed by atoms with van der Waals surface area (Å²) in [6, 6.07) is 21.2. The van der Waals surface area contributed by atoms with Crippen molar-refractivity contribution >= 4 is 11.6 Å². The van der Waals surface area contributed by atoms with Crippen LogP contribution in [0.5, 0.6) is 0 Å². The SMILES string of the molecule is CCC1CC1.NCc1cccc(-n2nc(C(F)(F)F)cc2C(=O)Nc2cc(F)cc(C(c3ccccc3)C3CCC3)c2)c1. The smallest absolute Gasteiger partial charge is 0.326 e. The van der Waals surface area contributed by atoms with E-state index in [4.69, 9.17) is 5.73 Å². The molecule has 1 atom stereocenters. The lowest BCUT2D eigenvalue weighted by atomic mass is 9.70. The van der Waals surface area contributed by atoms with Gasteiger partial charge in [-0.2, -0.15) is 18.3 Å². The third kappa shape index (κ3) is 7.51. The predicted molar refractivity (Wildman–Crippen MR) is 159 cm³/mol. The van der Waals surface area contributed by atoms with Crippen LogP contribution in [-0.2, 0) is 12.7 Å². The Morgan fingerprint density at radius 3 is 2.30 bits per heavy atom. The second-order valence-electron chi connectivity index (χ2n) is 11.4. The minimum Gasteiger partial charge on any atom is -0.326 e. The number of carbonyl (C=O) groups excluding carboxylic acids is 1. The molecule has 0 aliphatic heterocycles. The van der Waals surface area contributed by atoms with Gasteiger partial charge in [0.05, 0.1) is 5.69 Å². The van der Waals surface area contributed by atoms with E-state index in [9.17, 15) is 22.4 Å². The van der Waals surface area contributed by atoms with Crippen LogP contribution in [0.2, 0.25) is 0 Å². The van der Waals surface area contributed by atoms with E-state index in [1.165, 1.54) is 31.4 Å². The monoisotopic (exact) mass is 592 g/mol. The number of amides is 1. The number of nitrogens with two attached hydrogens (primary N) is 1. The van der Waals surface area contributed by atoms with Crippen molar-refractivity contribution in [1.82, 2.24) is 9.78 Å². The van der Waals surface area contributed by atoms with E-state index in [-0.39, 0.29) is 29.5 Å². The Morgan fingerprint density at radius 1 is 0.977 bits per heavy atom. The highest BCUT2D eigenvalue weighted by Gasteiger charge is 2.36. The summed E-state index contributed by atoms with van der Waals surface area (Å²) in [7, 11) is 0. The first-order valence-corrected chi connectivity index (χ1v) is 14.8. The molecule has 2 saturated carbocycles. The molecule has 5 nitrogen and oxygen atoms in total. The Kier molecular flexibility index (Phi) is 9.30. The van der Waals surface area contributed by atoms with Crippen LogP contribution in [0.1, 0.15) is 84.2 Å². The van der Waals surface area contributed by atoms with Crippen LogP contribution in [-0.4, -0.2) is 15.7 Å². The van der Waals surface area contributed by atoms with Gasteiger partial charge >= 0.3 is 6.18 Å². The molecule has 3 aromatic carbocycles. The van der Waals surface area contributed by atoms with Gasteiger partial charge in [0.25, 0.3) is 5.91 Å². The topological polar surface area (TPSA) is 72.9 Å². The zero-order chi connectivity index (χ0) is 30.6. The van der Waals surface area contributed by atoms with Crippen LogP contribution in [0.15, 0.2) is 78.9 Å². The molecule has 3 N–H and O–H groups in total. The van der Waals surface area contributed by atoms with Gasteiger partial charge in [0, 0.05) is 24.2 Å². The number of benzene rings is 3. The first-order chi connectivity index (χ1) is 20.7. The molecule has 0 saturated heterocycles. The Hall–Kier alpha value is -3.98. The number of rotatable bonds is 8. The van der Waals surface area contributed by atoms with E-state index >= 15 is 0 Å². The number of halogens is 4. The van der Waals surface area contributed by atoms with E-state index in [0.717, 1.165) is 41.5 Å². The van der Waals surface area contributed by atoms with Crippen molar-refractivity contribution in [2.75, 3.05) is 5.32 Å². The summed E-state index contributed by atoms with van der Waals surface area (Å²) < 4.78 is 56.3. The normalized spacial score (nSPS) is 15.7. The maximum atomic E-state index is 14.8. The predicted octanol–water partition coefficient (Wildman–Crippen LogP) is 8.48. The number of anilines is 1. The second-order valence-corrected chi connectivity index (χ2v) is 11.4. The van der Waals surface area contributed by atoms with Crippen LogP contribution in [0.3, 0.4) is 0 Å². The minimum atomic E-state index is -4.76. The van der Waals surface area contributed by atoms with Gasteiger partial charge in [-0.3, -0.25) is 4.79 Å². The van der Waals surface area contributed by atoms with E-state index < -0.39 is 23.6 Å². The summed E-state index contributed by atoms with van der Waals surface area (Å²) in [5, 5.41) is 6.24. The lowest BCUT2D eigenvalue weighted by Crippen LogP contribution is -2.22. The lowest BCUT2D eigenvalue weighted by Gasteiger charge is -2.34. The third-order valence-corrected chi connectivity index (χ3v) is 8.21. The summed E-state index contributed by atoms with van der Waals surface area (Å²) in [5.74, 6) is 0.0295.